The van der Waals surface area contributed by atoms with Crippen LogP contribution in [0.2, 0.25) is 0 Å². The summed E-state index contributed by atoms with van der Waals surface area (Å²) in [5.74, 6) is 0. The Kier molecular flexibility index (Phi) is 2.10. The Morgan fingerprint density at radius 2 is 2.10 bits per heavy atom. The summed E-state index contributed by atoms with van der Waals surface area (Å²) < 4.78 is 0. The van der Waals surface area contributed by atoms with Gasteiger partial charge in [0, 0.05) is 0 Å². The van der Waals surface area contributed by atoms with Gasteiger partial charge in [-0.1, -0.05) is 29.9 Å². The predicted octanol–water partition coefficient (Wildman–Crippen LogP) is 3.23. The van der Waals surface area contributed by atoms with E-state index in [1.165, 1.54) is 29.6 Å². The van der Waals surface area contributed by atoms with E-state index in [1.54, 1.807) is 0 Å². The van der Waals surface area contributed by atoms with Gasteiger partial charge in [-0.2, -0.15) is 0 Å². The summed E-state index contributed by atoms with van der Waals surface area (Å²) in [6.07, 6.45) is 6.61. The molecule has 10 heavy (non-hydrogen) atoms. The summed E-state index contributed by atoms with van der Waals surface area (Å²) in [6.45, 7) is 8.12. The lowest BCUT2D eigenvalue weighted by atomic mass is 9.94. The van der Waals surface area contributed by atoms with Gasteiger partial charge in [-0.3, -0.25) is 0 Å². The fourth-order valence-electron chi connectivity index (χ4n) is 1.22. The standard InChI is InChI=1S/C10H14/c1-4-10-7-8(2)5-6-9(10)3/h4,7H,1,5-6H2,2-3H3. The van der Waals surface area contributed by atoms with E-state index in [9.17, 15) is 0 Å². The van der Waals surface area contributed by atoms with Gasteiger partial charge in [0.1, 0.15) is 0 Å². The maximum atomic E-state index is 3.77. The molecule has 0 aromatic rings. The lowest BCUT2D eigenvalue weighted by molar-refractivity contribution is 0.895. The molecule has 0 heteroatoms. The summed E-state index contributed by atoms with van der Waals surface area (Å²) in [6, 6.07) is 0. The minimum Gasteiger partial charge on any atom is -0.0985 e. The van der Waals surface area contributed by atoms with Crippen LogP contribution in [0.1, 0.15) is 26.7 Å². The Balaban J connectivity index is 2.92. The zero-order valence-electron chi connectivity index (χ0n) is 6.78. The first-order chi connectivity index (χ1) is 4.74. The van der Waals surface area contributed by atoms with Gasteiger partial charge in [0.2, 0.25) is 0 Å². The predicted molar refractivity (Wildman–Crippen MR) is 45.9 cm³/mol. The number of allylic oxidation sites excluding steroid dienone is 5. The van der Waals surface area contributed by atoms with Crippen LogP contribution in [0.15, 0.2) is 35.5 Å². The van der Waals surface area contributed by atoms with Crippen molar-refractivity contribution in [3.63, 3.8) is 0 Å². The zero-order chi connectivity index (χ0) is 7.56. The van der Waals surface area contributed by atoms with Crippen LogP contribution in [-0.2, 0) is 0 Å². The highest BCUT2D eigenvalue weighted by Gasteiger charge is 2.03. The van der Waals surface area contributed by atoms with Gasteiger partial charge in [-0.25, -0.2) is 0 Å². The number of rotatable bonds is 1. The van der Waals surface area contributed by atoms with Crippen molar-refractivity contribution in [3.05, 3.63) is 35.5 Å². The molecule has 0 heterocycles. The number of hydrogen-bond acceptors (Lipinski definition) is 0. The van der Waals surface area contributed by atoms with Crippen LogP contribution < -0.4 is 0 Å². The molecule has 1 aliphatic rings. The molecule has 0 aromatic heterocycles. The van der Waals surface area contributed by atoms with Gasteiger partial charge in [-0.05, 0) is 32.3 Å². The van der Waals surface area contributed by atoms with Crippen molar-refractivity contribution in [2.45, 2.75) is 26.7 Å². The second kappa shape index (κ2) is 2.87. The molecule has 0 N–H and O–H groups in total. The topological polar surface area (TPSA) is 0 Å². The second-order valence-electron chi connectivity index (χ2n) is 2.93. The first kappa shape index (κ1) is 7.33. The first-order valence-electron chi connectivity index (χ1n) is 3.73. The van der Waals surface area contributed by atoms with Crippen molar-refractivity contribution < 1.29 is 0 Å². The molecule has 0 aromatic carbocycles. The van der Waals surface area contributed by atoms with Gasteiger partial charge in [-0.15, -0.1) is 0 Å². The second-order valence-corrected chi connectivity index (χ2v) is 2.93. The molecule has 0 atom stereocenters. The fourth-order valence-corrected chi connectivity index (χ4v) is 1.22. The molecule has 54 valence electrons. The molecular formula is C10H14. The van der Waals surface area contributed by atoms with Crippen molar-refractivity contribution in [2.24, 2.45) is 0 Å². The molecule has 0 unspecified atom stereocenters. The van der Waals surface area contributed by atoms with E-state index < -0.39 is 0 Å². The molecule has 0 radical (unpaired) electrons. The lowest BCUT2D eigenvalue weighted by Gasteiger charge is -2.12. The Bertz CT molecular complexity index is 204. The van der Waals surface area contributed by atoms with E-state index in [1.807, 2.05) is 6.08 Å². The smallest absolute Gasteiger partial charge is 0.0274 e. The van der Waals surface area contributed by atoms with Crippen LogP contribution in [0, 0.1) is 0 Å². The van der Waals surface area contributed by atoms with Crippen LogP contribution >= 0.6 is 0 Å². The molecule has 0 saturated carbocycles. The van der Waals surface area contributed by atoms with Crippen molar-refractivity contribution >= 4 is 0 Å². The largest absolute Gasteiger partial charge is 0.0985 e. The normalized spacial score (nSPS) is 18.8. The molecule has 0 fully saturated rings. The van der Waals surface area contributed by atoms with Gasteiger partial charge in [0.25, 0.3) is 0 Å². The summed E-state index contributed by atoms with van der Waals surface area (Å²) in [4.78, 5) is 0. The van der Waals surface area contributed by atoms with Crippen LogP contribution in [-0.4, -0.2) is 0 Å². The van der Waals surface area contributed by atoms with E-state index in [0.29, 0.717) is 0 Å². The highest BCUT2D eigenvalue weighted by atomic mass is 14.1. The van der Waals surface area contributed by atoms with Crippen LogP contribution in [0.4, 0.5) is 0 Å². The number of hydrogen-bond donors (Lipinski definition) is 0. The molecule has 0 bridgehead atoms. The third-order valence-corrected chi connectivity index (χ3v) is 2.01. The van der Waals surface area contributed by atoms with Crippen molar-refractivity contribution in [1.29, 1.82) is 0 Å². The van der Waals surface area contributed by atoms with E-state index in [-0.39, 0.29) is 0 Å². The quantitative estimate of drug-likeness (QED) is 0.516. The van der Waals surface area contributed by atoms with E-state index in [4.69, 9.17) is 0 Å². The lowest BCUT2D eigenvalue weighted by Crippen LogP contribution is -1.92. The molecule has 0 aliphatic heterocycles. The molecule has 1 rings (SSSR count). The van der Waals surface area contributed by atoms with E-state index in [2.05, 4.69) is 26.5 Å². The van der Waals surface area contributed by atoms with Gasteiger partial charge < -0.3 is 0 Å². The molecule has 1 aliphatic carbocycles. The summed E-state index contributed by atoms with van der Waals surface area (Å²) in [5, 5.41) is 0. The average Bonchev–Trinajstić information content (AvgIpc) is 1.94. The maximum Gasteiger partial charge on any atom is -0.0274 e. The Hall–Kier alpha value is -0.780. The SMILES string of the molecule is C=CC1=C(C)CCC(C)=C1. The molecular weight excluding hydrogens is 120 g/mol. The molecule has 0 amide bonds. The third-order valence-electron chi connectivity index (χ3n) is 2.01. The Labute approximate surface area is 62.9 Å². The Morgan fingerprint density at radius 3 is 2.60 bits per heavy atom. The fraction of sp³-hybridized carbons (Fsp3) is 0.400. The monoisotopic (exact) mass is 134 g/mol. The van der Waals surface area contributed by atoms with Gasteiger partial charge in [0.05, 0.1) is 0 Å². The third kappa shape index (κ3) is 1.38. The van der Waals surface area contributed by atoms with Crippen LogP contribution in [0.25, 0.3) is 0 Å². The van der Waals surface area contributed by atoms with Crippen LogP contribution in [0.5, 0.6) is 0 Å². The summed E-state index contributed by atoms with van der Waals surface area (Å²) in [5.41, 5.74) is 4.27. The summed E-state index contributed by atoms with van der Waals surface area (Å²) in [7, 11) is 0. The maximum absolute atomic E-state index is 3.77. The van der Waals surface area contributed by atoms with Crippen molar-refractivity contribution in [1.82, 2.24) is 0 Å². The minimum absolute atomic E-state index is 1.21. The highest BCUT2D eigenvalue weighted by molar-refractivity contribution is 5.38. The van der Waals surface area contributed by atoms with Gasteiger partial charge >= 0.3 is 0 Å². The molecule has 0 spiro atoms. The summed E-state index contributed by atoms with van der Waals surface area (Å²) >= 11 is 0. The van der Waals surface area contributed by atoms with Crippen molar-refractivity contribution in [2.75, 3.05) is 0 Å². The van der Waals surface area contributed by atoms with Crippen LogP contribution in [0.3, 0.4) is 0 Å². The highest BCUT2D eigenvalue weighted by Crippen LogP contribution is 2.23. The average molecular weight is 134 g/mol. The molecule has 0 nitrogen and oxygen atoms in total. The van der Waals surface area contributed by atoms with Gasteiger partial charge in [0.15, 0.2) is 0 Å². The minimum atomic E-state index is 1.21. The molecule has 0 saturated heterocycles. The van der Waals surface area contributed by atoms with E-state index >= 15 is 0 Å². The van der Waals surface area contributed by atoms with E-state index in [0.717, 1.165) is 0 Å². The first-order valence-corrected chi connectivity index (χ1v) is 3.73. The Morgan fingerprint density at radius 1 is 1.40 bits per heavy atom. The van der Waals surface area contributed by atoms with Crippen molar-refractivity contribution in [3.8, 4) is 0 Å². The zero-order valence-corrected chi connectivity index (χ0v) is 6.78.